The molecule has 2 aliphatic heterocycles. The molecule has 2 amide bonds. The number of likely N-dealkylation sites (tertiary alicyclic amines) is 1. The first kappa shape index (κ1) is 28.7. The summed E-state index contributed by atoms with van der Waals surface area (Å²) in [6.45, 7) is 18.7. The number of carbonyl (C=O) groups is 2. The van der Waals surface area contributed by atoms with E-state index in [1.54, 1.807) is 44.9 Å². The molecule has 2 atom stereocenters. The highest BCUT2D eigenvalue weighted by Gasteiger charge is 2.52. The molecular formula is C25H41BN4O5S. The van der Waals surface area contributed by atoms with E-state index in [2.05, 4.69) is 15.3 Å². The van der Waals surface area contributed by atoms with Crippen molar-refractivity contribution >= 4 is 36.3 Å². The number of hydrogen-bond donors (Lipinski definition) is 1. The third-order valence-electron chi connectivity index (χ3n) is 6.82. The smallest absolute Gasteiger partial charge is 0.444 e. The van der Waals surface area contributed by atoms with Crippen LogP contribution in [0.5, 0.6) is 0 Å². The van der Waals surface area contributed by atoms with Crippen LogP contribution in [-0.2, 0) is 18.8 Å². The molecule has 2 fully saturated rings. The van der Waals surface area contributed by atoms with E-state index in [9.17, 15) is 9.59 Å². The van der Waals surface area contributed by atoms with Gasteiger partial charge in [-0.2, -0.15) is 0 Å². The summed E-state index contributed by atoms with van der Waals surface area (Å²) in [7, 11) is -0.480. The number of carbonyl (C=O) groups excluding carboxylic acids is 2. The minimum absolute atomic E-state index is 0.0469. The van der Waals surface area contributed by atoms with E-state index in [-0.39, 0.29) is 11.8 Å². The fraction of sp³-hybridized carbons (Fsp3) is 0.760. The molecule has 0 saturated carbocycles. The standard InChI is InChI=1S/C25H41BN4O5S/c1-16(2)19(29-22(32)33-23(3,4)5)20(31)30-11-10-17(14-30)15-36-21-27-12-18(13-28-21)26-34-24(6,7)25(8,9)35-26/h12-13,16-17,19H,10-11,14-15H2,1-9H3,(H,29,32)/t17-,19-/m1/s1. The van der Waals surface area contributed by atoms with Crippen LogP contribution in [0.25, 0.3) is 0 Å². The zero-order valence-electron chi connectivity index (χ0n) is 23.1. The van der Waals surface area contributed by atoms with Crippen LogP contribution in [0.2, 0.25) is 0 Å². The van der Waals surface area contributed by atoms with Crippen LogP contribution >= 0.6 is 11.8 Å². The lowest BCUT2D eigenvalue weighted by Crippen LogP contribution is -2.51. The van der Waals surface area contributed by atoms with Gasteiger partial charge < -0.3 is 24.3 Å². The van der Waals surface area contributed by atoms with Gasteiger partial charge in [-0.15, -0.1) is 0 Å². The van der Waals surface area contributed by atoms with E-state index in [0.29, 0.717) is 24.2 Å². The van der Waals surface area contributed by atoms with Crippen LogP contribution < -0.4 is 10.8 Å². The average molecular weight is 521 g/mol. The fourth-order valence-electron chi connectivity index (χ4n) is 4.01. The lowest BCUT2D eigenvalue weighted by atomic mass is 9.81. The van der Waals surface area contributed by atoms with Crippen molar-refractivity contribution < 1.29 is 23.6 Å². The van der Waals surface area contributed by atoms with Crippen molar-refractivity contribution in [3.8, 4) is 0 Å². The summed E-state index contributed by atoms with van der Waals surface area (Å²) in [5.74, 6) is 1.03. The Morgan fingerprint density at radius 2 is 1.78 bits per heavy atom. The van der Waals surface area contributed by atoms with Crippen molar-refractivity contribution in [2.75, 3.05) is 18.8 Å². The summed E-state index contributed by atoms with van der Waals surface area (Å²) in [6, 6.07) is -0.614. The van der Waals surface area contributed by atoms with Crippen molar-refractivity contribution in [2.24, 2.45) is 11.8 Å². The molecule has 0 spiro atoms. The Bertz CT molecular complexity index is 919. The van der Waals surface area contributed by atoms with E-state index in [4.69, 9.17) is 14.0 Å². The number of ether oxygens (including phenoxy) is 1. The van der Waals surface area contributed by atoms with Crippen molar-refractivity contribution in [1.29, 1.82) is 0 Å². The largest absolute Gasteiger partial charge is 0.498 e. The van der Waals surface area contributed by atoms with Gasteiger partial charge in [0, 0.05) is 36.7 Å². The molecule has 0 bridgehead atoms. The van der Waals surface area contributed by atoms with Crippen molar-refractivity contribution in [3.05, 3.63) is 12.4 Å². The molecule has 9 nitrogen and oxygen atoms in total. The Labute approximate surface area is 220 Å². The monoisotopic (exact) mass is 520 g/mol. The van der Waals surface area contributed by atoms with E-state index in [1.807, 2.05) is 46.4 Å². The maximum Gasteiger partial charge on any atom is 0.498 e. The molecule has 3 rings (SSSR count). The highest BCUT2D eigenvalue weighted by atomic mass is 32.2. The Morgan fingerprint density at radius 3 is 2.31 bits per heavy atom. The second kappa shape index (κ2) is 10.9. The Kier molecular flexibility index (Phi) is 8.67. The number of aromatic nitrogens is 2. The van der Waals surface area contributed by atoms with Gasteiger partial charge in [-0.05, 0) is 66.7 Å². The van der Waals surface area contributed by atoms with Gasteiger partial charge in [0.25, 0.3) is 0 Å². The molecule has 1 aromatic heterocycles. The molecule has 1 aromatic rings. The summed E-state index contributed by atoms with van der Waals surface area (Å²) >= 11 is 1.58. The molecule has 2 saturated heterocycles. The number of rotatable bonds is 7. The van der Waals surface area contributed by atoms with E-state index in [1.165, 1.54) is 0 Å². The fourth-order valence-corrected chi connectivity index (χ4v) is 4.92. The summed E-state index contributed by atoms with van der Waals surface area (Å²) in [5, 5.41) is 3.45. The predicted molar refractivity (Wildman–Crippen MR) is 141 cm³/mol. The molecule has 200 valence electrons. The molecule has 1 N–H and O–H groups in total. The van der Waals surface area contributed by atoms with Crippen molar-refractivity contribution in [1.82, 2.24) is 20.2 Å². The average Bonchev–Trinajstić information content (AvgIpc) is 3.30. The number of nitrogens with one attached hydrogen (secondary N) is 1. The summed E-state index contributed by atoms with van der Waals surface area (Å²) < 4.78 is 17.5. The number of alkyl carbamates (subject to hydrolysis) is 1. The first-order valence-electron chi connectivity index (χ1n) is 12.7. The van der Waals surface area contributed by atoms with Gasteiger partial charge in [0.05, 0.1) is 11.2 Å². The second-order valence-electron chi connectivity index (χ2n) is 12.0. The molecule has 2 aliphatic rings. The molecule has 0 aromatic carbocycles. The molecule has 0 radical (unpaired) electrons. The number of thioether (sulfide) groups is 1. The Balaban J connectivity index is 1.50. The minimum Gasteiger partial charge on any atom is -0.444 e. The highest BCUT2D eigenvalue weighted by Crippen LogP contribution is 2.36. The predicted octanol–water partition coefficient (Wildman–Crippen LogP) is 3.27. The van der Waals surface area contributed by atoms with Gasteiger partial charge in [0.1, 0.15) is 11.6 Å². The lowest BCUT2D eigenvalue weighted by molar-refractivity contribution is -0.133. The molecule has 0 aliphatic carbocycles. The van der Waals surface area contributed by atoms with Gasteiger partial charge in [-0.3, -0.25) is 4.79 Å². The molecule has 0 unspecified atom stereocenters. The minimum atomic E-state index is -0.616. The van der Waals surface area contributed by atoms with Crippen molar-refractivity contribution in [3.63, 3.8) is 0 Å². The quantitative estimate of drug-likeness (QED) is 0.332. The summed E-state index contributed by atoms with van der Waals surface area (Å²) in [6.07, 6.45) is 3.86. The second-order valence-corrected chi connectivity index (χ2v) is 13.0. The van der Waals surface area contributed by atoms with Gasteiger partial charge in [-0.25, -0.2) is 14.8 Å². The van der Waals surface area contributed by atoms with Crippen LogP contribution in [0.15, 0.2) is 17.6 Å². The summed E-state index contributed by atoms with van der Waals surface area (Å²) in [4.78, 5) is 36.3. The normalized spacial score (nSPS) is 22.1. The number of nitrogens with zero attached hydrogens (tertiary/aromatic N) is 3. The maximum atomic E-state index is 13.2. The molecular weight excluding hydrogens is 479 g/mol. The summed E-state index contributed by atoms with van der Waals surface area (Å²) in [5.41, 5.74) is -0.635. The zero-order chi connectivity index (χ0) is 26.9. The van der Waals surface area contributed by atoms with Crippen LogP contribution in [-0.4, -0.2) is 75.7 Å². The topological polar surface area (TPSA) is 103 Å². The van der Waals surface area contributed by atoms with Crippen LogP contribution in [0.4, 0.5) is 4.79 Å². The lowest BCUT2D eigenvalue weighted by Gasteiger charge is -2.32. The van der Waals surface area contributed by atoms with Crippen LogP contribution in [0.3, 0.4) is 0 Å². The third-order valence-corrected chi connectivity index (χ3v) is 7.93. The van der Waals surface area contributed by atoms with E-state index in [0.717, 1.165) is 17.6 Å². The van der Waals surface area contributed by atoms with Crippen molar-refractivity contribution in [2.45, 2.75) is 96.7 Å². The Hall–Kier alpha value is -1.85. The molecule has 3 heterocycles. The first-order valence-corrected chi connectivity index (χ1v) is 13.7. The molecule has 36 heavy (non-hydrogen) atoms. The van der Waals surface area contributed by atoms with Gasteiger partial charge >= 0.3 is 13.2 Å². The van der Waals surface area contributed by atoms with Crippen LogP contribution in [0.1, 0.15) is 68.7 Å². The third kappa shape index (κ3) is 7.13. The van der Waals surface area contributed by atoms with E-state index < -0.39 is 36.1 Å². The SMILES string of the molecule is CC(C)[C@@H](NC(=O)OC(C)(C)C)C(=O)N1CC[C@@H](CSc2ncc(B3OC(C)(C)C(C)(C)O3)cn2)C1. The van der Waals surface area contributed by atoms with Gasteiger partial charge in [0.2, 0.25) is 5.91 Å². The van der Waals surface area contributed by atoms with Gasteiger partial charge in [-0.1, -0.05) is 25.6 Å². The number of amides is 2. The first-order chi connectivity index (χ1) is 16.6. The highest BCUT2D eigenvalue weighted by molar-refractivity contribution is 7.99. The maximum absolute atomic E-state index is 13.2. The van der Waals surface area contributed by atoms with E-state index >= 15 is 0 Å². The molecule has 11 heteroatoms. The zero-order valence-corrected chi connectivity index (χ0v) is 23.9. The Morgan fingerprint density at radius 1 is 1.19 bits per heavy atom. The van der Waals surface area contributed by atoms with Crippen LogP contribution in [0, 0.1) is 11.8 Å². The van der Waals surface area contributed by atoms with Gasteiger partial charge in [0.15, 0.2) is 5.16 Å². The number of hydrogen-bond acceptors (Lipinski definition) is 8.